The molecule has 24 rings (SSSR count). The van der Waals surface area contributed by atoms with Crippen molar-refractivity contribution in [2.24, 2.45) is 0 Å². The Morgan fingerprint density at radius 1 is 0.0791 bits per heavy atom. The Kier molecular flexibility index (Phi) is 61.3. The van der Waals surface area contributed by atoms with E-state index in [0.717, 1.165) is 0 Å². The Morgan fingerprint density at radius 3 is 0.223 bits per heavy atom. The summed E-state index contributed by atoms with van der Waals surface area (Å²) in [5.41, 5.74) is 32.8. The van der Waals surface area contributed by atoms with Gasteiger partial charge in [0.15, 0.2) is 0 Å². The van der Waals surface area contributed by atoms with Gasteiger partial charge in [0.2, 0.25) is 0 Å². The van der Waals surface area contributed by atoms with Crippen LogP contribution in [0.5, 0.6) is 0 Å². The Bertz CT molecular complexity index is 4940. The Labute approximate surface area is 848 Å². The second-order valence-corrected chi connectivity index (χ2v) is 27.8. The molecule has 18 aromatic carbocycles. The van der Waals surface area contributed by atoms with Crippen LogP contribution in [0.1, 0.15) is 288 Å². The Hall–Kier alpha value is -13.5. The normalized spacial score (nSPS) is 10.8. The van der Waals surface area contributed by atoms with Gasteiger partial charge in [-0.15, -0.1) is 0 Å². The lowest BCUT2D eigenvalue weighted by Crippen LogP contribution is -2.25. The smallest absolute Gasteiger partial charge is 0.0683 e. The van der Waals surface area contributed by atoms with Crippen molar-refractivity contribution >= 4 is 21.5 Å². The minimum atomic E-state index is -0.180. The Balaban J connectivity index is 0.000000545. The topological polar surface area (TPSA) is 0 Å². The van der Waals surface area contributed by atoms with Gasteiger partial charge in [0, 0.05) is 0 Å². The van der Waals surface area contributed by atoms with E-state index in [-0.39, 0.29) is 16.2 Å². The first-order chi connectivity index (χ1) is 69.2. The highest BCUT2D eigenvalue weighted by atomic mass is 14.6. The van der Waals surface area contributed by atoms with Crippen LogP contribution in [0.3, 0.4) is 0 Å². The van der Waals surface area contributed by atoms with Crippen LogP contribution < -0.4 is 0 Å². The van der Waals surface area contributed by atoms with Gasteiger partial charge >= 0.3 is 0 Å². The van der Waals surface area contributed by atoms with Crippen LogP contribution >= 0.6 is 0 Å². The molecule has 18 aromatic rings. The van der Waals surface area contributed by atoms with Crippen molar-refractivity contribution in [3.63, 3.8) is 0 Å². The summed E-state index contributed by atoms with van der Waals surface area (Å²) >= 11 is 0. The molecule has 0 atom stereocenters. The maximum Gasteiger partial charge on any atom is 0.0725 e. The van der Waals surface area contributed by atoms with Crippen molar-refractivity contribution < 1.29 is 0 Å². The SMILES string of the molecule is CC.CC.CC.CC.CC.CC.CC.CC.CC.CC.CC.CC.CC.CC.CC.CC.c1ccc2c(c1)-c1ccccc1C21c2ccccc2-c2ccccc21.c1ccc2c(c1)-c1ccccc1C21c2ccccc2-c2ccccc21.c1ccc2c(c1)-c1ccccc1C21c2ccccc2-c2ccccc21.c1ccc2ccccc2c1.c1ccc2ccccc2c1.c1ccccc1.c1ccccc1. The summed E-state index contributed by atoms with van der Waals surface area (Å²) in [5, 5.41) is 5.24. The van der Waals surface area contributed by atoms with E-state index in [1.54, 1.807) is 0 Å². The van der Waals surface area contributed by atoms with Crippen LogP contribution in [0, 0.1) is 0 Å². The van der Waals surface area contributed by atoms with E-state index in [0.29, 0.717) is 0 Å². The lowest BCUT2D eigenvalue weighted by atomic mass is 9.70. The first kappa shape index (κ1) is 122. The fraction of sp³-hybridized carbons (Fsp3) is 0.252. The van der Waals surface area contributed by atoms with E-state index in [1.807, 2.05) is 294 Å². The molecule has 0 radical (unpaired) electrons. The van der Waals surface area contributed by atoms with E-state index >= 15 is 0 Å². The maximum atomic E-state index is 2.31. The van der Waals surface area contributed by atoms with Crippen molar-refractivity contribution in [1.29, 1.82) is 0 Å². The van der Waals surface area contributed by atoms with Gasteiger partial charge < -0.3 is 0 Å². The van der Waals surface area contributed by atoms with Gasteiger partial charge in [0.05, 0.1) is 16.2 Å². The zero-order valence-electron chi connectivity index (χ0n) is 91.4. The predicted octanol–water partition coefficient (Wildman–Crippen LogP) is 43.6. The zero-order valence-corrected chi connectivity index (χ0v) is 91.4. The summed E-state index contributed by atoms with van der Waals surface area (Å²) in [6.45, 7) is 64.0. The van der Waals surface area contributed by atoms with Crippen LogP contribution in [0.15, 0.2) is 461 Å². The largest absolute Gasteiger partial charge is 0.0725 e. The molecule has 0 heterocycles. The number of rotatable bonds is 0. The molecule has 0 saturated heterocycles. The molecule has 0 unspecified atom stereocenters. The molecule has 6 aliphatic carbocycles. The van der Waals surface area contributed by atoms with Crippen LogP contribution in [0.2, 0.25) is 0 Å². The number of benzene rings is 18. The van der Waals surface area contributed by atoms with E-state index < -0.39 is 0 Å². The summed E-state index contributed by atoms with van der Waals surface area (Å²) in [6, 6.07) is 164. The monoisotopic (exact) mass is 1840 g/mol. The van der Waals surface area contributed by atoms with E-state index in [2.05, 4.69) is 388 Å². The maximum absolute atomic E-state index is 2.31. The molecule has 0 amide bonds. The van der Waals surface area contributed by atoms with Crippen molar-refractivity contribution in [1.82, 2.24) is 0 Å². The molecule has 0 fully saturated rings. The highest BCUT2D eigenvalue weighted by Gasteiger charge is 2.54. The highest BCUT2D eigenvalue weighted by molar-refractivity contribution is 5.98. The van der Waals surface area contributed by atoms with Gasteiger partial charge in [-0.1, -0.05) is 683 Å². The van der Waals surface area contributed by atoms with Crippen LogP contribution in [0.4, 0.5) is 0 Å². The first-order valence-corrected chi connectivity index (χ1v) is 53.2. The molecule has 0 saturated carbocycles. The second-order valence-electron chi connectivity index (χ2n) is 27.8. The molecule has 139 heavy (non-hydrogen) atoms. The fourth-order valence-electron chi connectivity index (χ4n) is 18.2. The van der Waals surface area contributed by atoms with E-state index in [4.69, 9.17) is 0 Å². The summed E-state index contributed by atoms with van der Waals surface area (Å²) in [7, 11) is 0. The average molecular weight is 1840 g/mol. The number of fused-ring (bicyclic) bond motifs is 32. The van der Waals surface area contributed by atoms with Crippen molar-refractivity contribution in [2.45, 2.75) is 238 Å². The summed E-state index contributed by atoms with van der Waals surface area (Å²) < 4.78 is 0. The van der Waals surface area contributed by atoms with Crippen molar-refractivity contribution in [3.8, 4) is 66.8 Å². The minimum Gasteiger partial charge on any atom is -0.0683 e. The Morgan fingerprint density at radius 2 is 0.144 bits per heavy atom. The quantitative estimate of drug-likeness (QED) is 0.142. The van der Waals surface area contributed by atoms with Crippen LogP contribution in [-0.2, 0) is 16.2 Å². The average Bonchev–Trinajstić information content (AvgIpc) is 1.52. The molecular weight excluding hydrogens is 1670 g/mol. The third-order valence-electron chi connectivity index (χ3n) is 22.4. The van der Waals surface area contributed by atoms with Gasteiger partial charge in [0.25, 0.3) is 0 Å². The molecule has 0 nitrogen and oxygen atoms in total. The van der Waals surface area contributed by atoms with Gasteiger partial charge in [-0.3, -0.25) is 0 Å². The molecule has 0 aliphatic heterocycles. The molecule has 0 aromatic heterocycles. The molecule has 0 heteroatoms. The zero-order chi connectivity index (χ0) is 103. The molecule has 0 bridgehead atoms. The second kappa shape index (κ2) is 70.2. The highest BCUT2D eigenvalue weighted by Crippen LogP contribution is 2.66. The van der Waals surface area contributed by atoms with Crippen molar-refractivity contribution in [3.05, 3.63) is 528 Å². The van der Waals surface area contributed by atoms with Crippen LogP contribution in [0.25, 0.3) is 88.3 Å². The lowest BCUT2D eigenvalue weighted by Gasteiger charge is -2.30. The van der Waals surface area contributed by atoms with E-state index in [1.165, 1.54) is 155 Å². The van der Waals surface area contributed by atoms with Gasteiger partial charge in [-0.25, -0.2) is 0 Å². The molecule has 6 aliphatic rings. The van der Waals surface area contributed by atoms with E-state index in [9.17, 15) is 0 Å². The lowest BCUT2D eigenvalue weighted by molar-refractivity contribution is 0.794. The molecule has 0 N–H and O–H groups in total. The van der Waals surface area contributed by atoms with Gasteiger partial charge in [-0.05, 0) is 155 Å². The molecule has 3 spiro atoms. The minimum absolute atomic E-state index is 0.180. The van der Waals surface area contributed by atoms with Crippen LogP contribution in [-0.4, -0.2) is 0 Å². The summed E-state index contributed by atoms with van der Waals surface area (Å²) in [5.74, 6) is 0. The number of hydrogen-bond acceptors (Lipinski definition) is 0. The molecule has 728 valence electrons. The number of hydrogen-bond donors (Lipinski definition) is 0. The van der Waals surface area contributed by atoms with Gasteiger partial charge in [-0.2, -0.15) is 0 Å². The third-order valence-corrected chi connectivity index (χ3v) is 22.4. The fourth-order valence-corrected chi connectivity index (χ4v) is 18.2. The third kappa shape index (κ3) is 27.1. The van der Waals surface area contributed by atoms with Crippen molar-refractivity contribution in [2.75, 3.05) is 0 Å². The standard InChI is InChI=1S/3C25H16.2C10H8.2C6H6.16C2H6/c3*1-5-13-21-17(9-1)18-10-2-6-14-22(18)25(21)23-15-7-3-11-19(23)20-12-4-8-16-24(20)25;2*1-2-6-10-8-4-3-7-9(10)5-1;2*1-2-4-6-5-3-1;16*1-2/h3*1-16H;2*1-8H;2*1-6H;16*1-2H3. The molecular formula is C139H172. The summed E-state index contributed by atoms with van der Waals surface area (Å²) in [4.78, 5) is 0. The summed E-state index contributed by atoms with van der Waals surface area (Å²) in [6.07, 6.45) is 0. The van der Waals surface area contributed by atoms with Gasteiger partial charge in [0.1, 0.15) is 0 Å². The predicted molar refractivity (Wildman–Crippen MR) is 631 cm³/mol. The first-order valence-electron chi connectivity index (χ1n) is 53.2.